The number of hydrogen-bond donors (Lipinski definition) is 1. The lowest BCUT2D eigenvalue weighted by molar-refractivity contribution is 0.176. The molecule has 0 heterocycles. The zero-order valence-corrected chi connectivity index (χ0v) is 15.6. The molecule has 1 atom stereocenters. The zero-order valence-electron chi connectivity index (χ0n) is 14.8. The van der Waals surface area contributed by atoms with Crippen molar-refractivity contribution in [1.29, 1.82) is 0 Å². The molecule has 0 aliphatic carbocycles. The van der Waals surface area contributed by atoms with Crippen molar-refractivity contribution in [2.24, 2.45) is 5.73 Å². The summed E-state index contributed by atoms with van der Waals surface area (Å²) in [6, 6.07) is 0.729. The highest BCUT2D eigenvalue weighted by Gasteiger charge is 2.27. The van der Waals surface area contributed by atoms with E-state index < -0.39 is 8.53 Å². The van der Waals surface area contributed by atoms with E-state index in [1.165, 1.54) is 19.3 Å². The average Bonchev–Trinajstić information content (AvgIpc) is 2.45. The summed E-state index contributed by atoms with van der Waals surface area (Å²) in [6.07, 6.45) is 5.77. The molecule has 5 nitrogen and oxygen atoms in total. The van der Waals surface area contributed by atoms with Crippen LogP contribution in [0.1, 0.15) is 59.8 Å². The molecule has 0 fully saturated rings. The van der Waals surface area contributed by atoms with E-state index in [1.54, 1.807) is 0 Å². The monoisotopic (exact) mass is 331 g/mol. The van der Waals surface area contributed by atoms with Gasteiger partial charge in [-0.1, -0.05) is 19.3 Å². The summed E-state index contributed by atoms with van der Waals surface area (Å²) in [4.78, 5) is 3.35. The highest BCUT2D eigenvalue weighted by molar-refractivity contribution is 7.44. The highest BCUT2D eigenvalue weighted by Crippen LogP contribution is 2.45. The number of unbranched alkanes of at least 4 members (excludes halogenated alkanes) is 4. The van der Waals surface area contributed by atoms with Crippen LogP contribution >= 0.6 is 8.53 Å². The maximum absolute atomic E-state index is 6.86. The van der Waals surface area contributed by atoms with Crippen LogP contribution in [0.2, 0.25) is 0 Å². The molecular weight excluding hydrogens is 297 g/mol. The van der Waals surface area contributed by atoms with Gasteiger partial charge in [0.25, 0.3) is 8.53 Å². The molecule has 0 aliphatic rings. The van der Waals surface area contributed by atoms with Gasteiger partial charge >= 0.3 is 0 Å². The molecule has 0 spiro atoms. The third-order valence-corrected chi connectivity index (χ3v) is 5.31. The van der Waals surface area contributed by atoms with Gasteiger partial charge in [-0.05, 0) is 47.1 Å². The molecule has 0 rings (SSSR count). The van der Waals surface area contributed by atoms with E-state index in [-0.39, 0.29) is 0 Å². The average molecular weight is 331 g/mol. The lowest BCUT2D eigenvalue weighted by atomic mass is 10.1. The standard InChI is InChI=1S/C16H34N3O2P/c1-15(2)19(16(3)4)22(21-14-12-18-5)20-13-10-8-6-7-9-11-17/h15-16H,6-14,17H2,1-4H3. The summed E-state index contributed by atoms with van der Waals surface area (Å²) < 4.78 is 14.1. The molecule has 0 bridgehead atoms. The molecule has 1 unspecified atom stereocenters. The molecule has 6 heteroatoms. The van der Waals surface area contributed by atoms with Crippen LogP contribution in [-0.2, 0) is 9.05 Å². The van der Waals surface area contributed by atoms with Crippen LogP contribution in [-0.4, -0.2) is 43.1 Å². The Hall–Kier alpha value is -0.240. The first kappa shape index (κ1) is 21.8. The fourth-order valence-corrected chi connectivity index (χ4v) is 3.85. The molecule has 0 aromatic heterocycles. The Morgan fingerprint density at radius 2 is 1.50 bits per heavy atom. The summed E-state index contributed by atoms with van der Waals surface area (Å²) in [5, 5.41) is 0. The Morgan fingerprint density at radius 1 is 0.955 bits per heavy atom. The number of rotatable bonds is 14. The second-order valence-corrected chi connectivity index (χ2v) is 7.36. The summed E-state index contributed by atoms with van der Waals surface area (Å²) in [6.45, 7) is 17.8. The van der Waals surface area contributed by atoms with Crippen molar-refractivity contribution < 1.29 is 9.05 Å². The van der Waals surface area contributed by atoms with E-state index >= 15 is 0 Å². The maximum atomic E-state index is 6.86. The Bertz CT molecular complexity index is 288. The molecule has 0 radical (unpaired) electrons. The van der Waals surface area contributed by atoms with Crippen LogP contribution in [0.15, 0.2) is 0 Å². The van der Waals surface area contributed by atoms with Crippen molar-refractivity contribution in [3.63, 3.8) is 0 Å². The molecule has 0 saturated heterocycles. The molecule has 2 N–H and O–H groups in total. The first-order chi connectivity index (χ1) is 10.5. The third-order valence-electron chi connectivity index (χ3n) is 3.20. The van der Waals surface area contributed by atoms with E-state index in [4.69, 9.17) is 21.4 Å². The second kappa shape index (κ2) is 14.4. The Balaban J connectivity index is 4.20. The minimum absolute atomic E-state index is 0.364. The van der Waals surface area contributed by atoms with E-state index in [0.29, 0.717) is 25.2 Å². The summed E-state index contributed by atoms with van der Waals surface area (Å²) >= 11 is 0. The van der Waals surface area contributed by atoms with Gasteiger partial charge in [0, 0.05) is 12.1 Å². The second-order valence-electron chi connectivity index (χ2n) is 5.91. The Morgan fingerprint density at radius 3 is 2.05 bits per heavy atom. The first-order valence-electron chi connectivity index (χ1n) is 8.42. The molecule has 0 aromatic rings. The molecule has 0 amide bonds. The van der Waals surface area contributed by atoms with Crippen LogP contribution in [0.25, 0.3) is 4.85 Å². The quantitative estimate of drug-likeness (QED) is 0.294. The minimum Gasteiger partial charge on any atom is -0.330 e. The Labute approximate surface area is 138 Å². The molecule has 0 saturated carbocycles. The predicted molar refractivity (Wildman–Crippen MR) is 94.5 cm³/mol. The highest BCUT2D eigenvalue weighted by atomic mass is 31.2. The topological polar surface area (TPSA) is 52.1 Å². The summed E-state index contributed by atoms with van der Waals surface area (Å²) in [5.41, 5.74) is 5.49. The molecular formula is C16H34N3O2P. The van der Waals surface area contributed by atoms with Gasteiger partial charge in [0.1, 0.15) is 6.61 Å². The van der Waals surface area contributed by atoms with Gasteiger partial charge in [-0.15, -0.1) is 0 Å². The van der Waals surface area contributed by atoms with E-state index in [0.717, 1.165) is 26.0 Å². The fraction of sp³-hybridized carbons (Fsp3) is 0.938. The van der Waals surface area contributed by atoms with Crippen LogP contribution in [0.3, 0.4) is 0 Å². The minimum atomic E-state index is -1.07. The van der Waals surface area contributed by atoms with Gasteiger partial charge in [-0.2, -0.15) is 0 Å². The number of hydrogen-bond acceptors (Lipinski definition) is 4. The molecule has 22 heavy (non-hydrogen) atoms. The van der Waals surface area contributed by atoms with Crippen molar-refractivity contribution in [2.75, 3.05) is 26.3 Å². The molecule has 0 aromatic carbocycles. The Kier molecular flexibility index (Phi) is 14.2. The van der Waals surface area contributed by atoms with Gasteiger partial charge in [-0.25, -0.2) is 11.2 Å². The lowest BCUT2D eigenvalue weighted by Gasteiger charge is -2.35. The fourth-order valence-electron chi connectivity index (χ4n) is 2.23. The van der Waals surface area contributed by atoms with Crippen LogP contribution < -0.4 is 5.73 Å². The van der Waals surface area contributed by atoms with Gasteiger partial charge in [0.2, 0.25) is 6.54 Å². The summed E-state index contributed by atoms with van der Waals surface area (Å²) in [7, 11) is -1.07. The van der Waals surface area contributed by atoms with Crippen molar-refractivity contribution >= 4 is 8.53 Å². The van der Waals surface area contributed by atoms with Crippen molar-refractivity contribution in [1.82, 2.24) is 4.67 Å². The number of nitrogens with two attached hydrogens (primary N) is 1. The number of nitrogens with zero attached hydrogens (tertiary/aromatic N) is 2. The lowest BCUT2D eigenvalue weighted by Crippen LogP contribution is -2.33. The third kappa shape index (κ3) is 10.5. The molecule has 0 aliphatic heterocycles. The molecule has 130 valence electrons. The smallest absolute Gasteiger partial charge is 0.259 e. The van der Waals surface area contributed by atoms with Crippen molar-refractivity contribution in [3.8, 4) is 0 Å². The predicted octanol–water partition coefficient (Wildman–Crippen LogP) is 4.19. The van der Waals surface area contributed by atoms with Gasteiger partial charge < -0.3 is 19.6 Å². The maximum Gasteiger partial charge on any atom is 0.259 e. The zero-order chi connectivity index (χ0) is 16.8. The van der Waals surface area contributed by atoms with Crippen LogP contribution in [0.5, 0.6) is 0 Å². The normalized spacial score (nSPS) is 13.0. The van der Waals surface area contributed by atoms with Gasteiger partial charge in [-0.3, -0.25) is 0 Å². The van der Waals surface area contributed by atoms with Crippen LogP contribution in [0, 0.1) is 6.57 Å². The van der Waals surface area contributed by atoms with E-state index in [2.05, 4.69) is 37.2 Å². The largest absolute Gasteiger partial charge is 0.330 e. The van der Waals surface area contributed by atoms with Crippen molar-refractivity contribution in [2.45, 2.75) is 71.9 Å². The van der Waals surface area contributed by atoms with Gasteiger partial charge in [0.15, 0.2) is 0 Å². The first-order valence-corrected chi connectivity index (χ1v) is 9.55. The summed E-state index contributed by atoms with van der Waals surface area (Å²) in [5.74, 6) is 0. The van der Waals surface area contributed by atoms with Gasteiger partial charge in [0.05, 0.1) is 6.61 Å². The van der Waals surface area contributed by atoms with Crippen molar-refractivity contribution in [3.05, 3.63) is 11.4 Å². The van der Waals surface area contributed by atoms with E-state index in [1.807, 2.05) is 0 Å². The SMILES string of the molecule is [C-]#[N+]CCOP(OCCCCCCCN)N(C(C)C)C(C)C. The van der Waals surface area contributed by atoms with Crippen LogP contribution in [0.4, 0.5) is 0 Å². The van der Waals surface area contributed by atoms with E-state index in [9.17, 15) is 0 Å².